The van der Waals surface area contributed by atoms with Gasteiger partial charge in [0.05, 0.1) is 13.2 Å². The van der Waals surface area contributed by atoms with Gasteiger partial charge >= 0.3 is 11.9 Å². The molecule has 23 heavy (non-hydrogen) atoms. The van der Waals surface area contributed by atoms with Gasteiger partial charge in [-0.25, -0.2) is 4.79 Å². The molecule has 0 fully saturated rings. The molecule has 0 radical (unpaired) electrons. The van der Waals surface area contributed by atoms with Gasteiger partial charge in [-0.05, 0) is 11.6 Å². The summed E-state index contributed by atoms with van der Waals surface area (Å²) in [6.07, 6.45) is 3.33. The van der Waals surface area contributed by atoms with Gasteiger partial charge in [-0.15, -0.1) is 0 Å². The monoisotopic (exact) mass is 318 g/mol. The van der Waals surface area contributed by atoms with E-state index < -0.39 is 23.8 Å². The van der Waals surface area contributed by atoms with E-state index in [9.17, 15) is 9.59 Å². The van der Waals surface area contributed by atoms with E-state index in [1.807, 2.05) is 30.3 Å². The van der Waals surface area contributed by atoms with E-state index in [2.05, 4.69) is 0 Å². The van der Waals surface area contributed by atoms with Crippen LogP contribution in [-0.2, 0) is 28.5 Å². The van der Waals surface area contributed by atoms with Crippen LogP contribution in [0, 0.1) is 0 Å². The first kappa shape index (κ1) is 16.8. The van der Waals surface area contributed by atoms with Gasteiger partial charge in [-0.3, -0.25) is 4.79 Å². The van der Waals surface area contributed by atoms with Crippen LogP contribution in [0.3, 0.4) is 0 Å². The molecule has 2 unspecified atom stereocenters. The number of methoxy groups -OCH3 is 2. The van der Waals surface area contributed by atoms with Crippen molar-refractivity contribution in [1.82, 2.24) is 0 Å². The maximum absolute atomic E-state index is 11.8. The molecule has 0 spiro atoms. The van der Waals surface area contributed by atoms with Crippen LogP contribution in [0.15, 0.2) is 48.2 Å². The molecule has 0 aliphatic carbocycles. The number of ether oxygens (including phenoxy) is 4. The highest BCUT2D eigenvalue weighted by Gasteiger charge is 2.49. The normalized spacial score (nSPS) is 24.0. The lowest BCUT2D eigenvalue weighted by molar-refractivity contribution is -0.241. The zero-order chi connectivity index (χ0) is 16.9. The summed E-state index contributed by atoms with van der Waals surface area (Å²) in [6.45, 7) is 1.25. The molecular weight excluding hydrogens is 300 g/mol. The van der Waals surface area contributed by atoms with Crippen molar-refractivity contribution in [1.29, 1.82) is 0 Å². The van der Waals surface area contributed by atoms with Crippen LogP contribution in [0.4, 0.5) is 0 Å². The lowest BCUT2D eigenvalue weighted by atomic mass is 10.0. The molecule has 6 heteroatoms. The standard InChI is InChI=1S/C17H18O6/c1-12(18)22-16-14(20-2)11-15(19)23-17(16,21-3)10-9-13-7-5-4-6-8-13/h4-11,16H,1-3H3/b10-9+. The third-order valence-electron chi connectivity index (χ3n) is 3.29. The number of cyclic esters (lactones) is 1. The molecule has 0 aromatic heterocycles. The Morgan fingerprint density at radius 3 is 2.52 bits per heavy atom. The average Bonchev–Trinajstić information content (AvgIpc) is 2.55. The van der Waals surface area contributed by atoms with Crippen molar-refractivity contribution in [2.45, 2.75) is 18.8 Å². The number of esters is 2. The Hall–Kier alpha value is -2.60. The number of carbonyl (C=O) groups excluding carboxylic acids is 2. The zero-order valence-corrected chi connectivity index (χ0v) is 13.1. The van der Waals surface area contributed by atoms with Crippen LogP contribution in [-0.4, -0.2) is 38.0 Å². The van der Waals surface area contributed by atoms with Gasteiger partial charge in [0.2, 0.25) is 6.10 Å². The van der Waals surface area contributed by atoms with Crippen molar-refractivity contribution in [3.8, 4) is 0 Å². The average molecular weight is 318 g/mol. The summed E-state index contributed by atoms with van der Waals surface area (Å²) in [4.78, 5) is 23.2. The lowest BCUT2D eigenvalue weighted by Crippen LogP contribution is -2.52. The number of benzene rings is 1. The van der Waals surface area contributed by atoms with Gasteiger partial charge in [-0.1, -0.05) is 36.4 Å². The summed E-state index contributed by atoms with van der Waals surface area (Å²) in [5.74, 6) is -2.65. The van der Waals surface area contributed by atoms with Crippen LogP contribution in [0.5, 0.6) is 0 Å². The smallest absolute Gasteiger partial charge is 0.337 e. The van der Waals surface area contributed by atoms with Gasteiger partial charge in [0.25, 0.3) is 5.79 Å². The van der Waals surface area contributed by atoms with Crippen molar-refractivity contribution in [2.75, 3.05) is 14.2 Å². The first-order valence-electron chi connectivity index (χ1n) is 6.96. The lowest BCUT2D eigenvalue weighted by Gasteiger charge is -2.38. The van der Waals surface area contributed by atoms with Crippen molar-refractivity contribution in [3.63, 3.8) is 0 Å². The molecule has 0 saturated heterocycles. The third kappa shape index (κ3) is 3.78. The fraction of sp³-hybridized carbons (Fsp3) is 0.294. The highest BCUT2D eigenvalue weighted by molar-refractivity contribution is 5.85. The van der Waals surface area contributed by atoms with E-state index in [0.29, 0.717) is 0 Å². The SMILES string of the molecule is COC1=CC(=O)OC(/C=C/c2ccccc2)(OC)C1OC(C)=O. The maximum atomic E-state index is 11.8. The minimum absolute atomic E-state index is 0.149. The summed E-state index contributed by atoms with van der Waals surface area (Å²) < 4.78 is 21.1. The minimum atomic E-state index is -1.60. The molecule has 2 atom stereocenters. The van der Waals surface area contributed by atoms with Gasteiger partial charge < -0.3 is 18.9 Å². The van der Waals surface area contributed by atoms with E-state index in [-0.39, 0.29) is 5.76 Å². The molecule has 6 nitrogen and oxygen atoms in total. The number of carbonyl (C=O) groups is 2. The summed E-state index contributed by atoms with van der Waals surface area (Å²) in [5, 5.41) is 0. The third-order valence-corrected chi connectivity index (χ3v) is 3.29. The van der Waals surface area contributed by atoms with Crippen molar-refractivity contribution in [3.05, 3.63) is 53.8 Å². The first-order chi connectivity index (χ1) is 11.0. The van der Waals surface area contributed by atoms with Crippen LogP contribution < -0.4 is 0 Å². The Kier molecular flexibility index (Phi) is 5.18. The van der Waals surface area contributed by atoms with E-state index in [1.54, 1.807) is 6.08 Å². The largest absolute Gasteiger partial charge is 0.497 e. The summed E-state index contributed by atoms with van der Waals surface area (Å²) in [7, 11) is 2.74. The Labute approximate surface area is 134 Å². The Morgan fingerprint density at radius 1 is 1.26 bits per heavy atom. The van der Waals surface area contributed by atoms with E-state index in [1.165, 1.54) is 27.2 Å². The Balaban J connectivity index is 2.42. The number of hydrogen-bond donors (Lipinski definition) is 0. The highest BCUT2D eigenvalue weighted by atomic mass is 16.7. The molecule has 0 saturated carbocycles. The van der Waals surface area contributed by atoms with Crippen molar-refractivity contribution in [2.24, 2.45) is 0 Å². The molecule has 1 aliphatic rings. The van der Waals surface area contributed by atoms with Crippen molar-refractivity contribution < 1.29 is 28.5 Å². The molecule has 2 rings (SSSR count). The summed E-state index contributed by atoms with van der Waals surface area (Å²) in [6, 6.07) is 9.38. The maximum Gasteiger partial charge on any atom is 0.337 e. The molecule has 122 valence electrons. The van der Waals surface area contributed by atoms with Crippen molar-refractivity contribution >= 4 is 18.0 Å². The van der Waals surface area contributed by atoms with E-state index in [0.717, 1.165) is 11.6 Å². The van der Waals surface area contributed by atoms with Crippen LogP contribution in [0.1, 0.15) is 12.5 Å². The van der Waals surface area contributed by atoms with E-state index in [4.69, 9.17) is 18.9 Å². The number of rotatable bonds is 5. The molecular formula is C17H18O6. The number of hydrogen-bond acceptors (Lipinski definition) is 6. The summed E-state index contributed by atoms with van der Waals surface area (Å²) >= 11 is 0. The van der Waals surface area contributed by atoms with Crippen LogP contribution in [0.2, 0.25) is 0 Å². The zero-order valence-electron chi connectivity index (χ0n) is 13.1. The Bertz CT molecular complexity index is 634. The van der Waals surface area contributed by atoms with Crippen LogP contribution >= 0.6 is 0 Å². The quantitative estimate of drug-likeness (QED) is 0.774. The van der Waals surface area contributed by atoms with Gasteiger partial charge in [0.1, 0.15) is 0 Å². The fourth-order valence-corrected chi connectivity index (χ4v) is 2.22. The first-order valence-corrected chi connectivity index (χ1v) is 6.96. The predicted molar refractivity (Wildman–Crippen MR) is 82.0 cm³/mol. The minimum Gasteiger partial charge on any atom is -0.497 e. The van der Waals surface area contributed by atoms with Gasteiger partial charge in [0, 0.05) is 14.0 Å². The molecule has 0 amide bonds. The predicted octanol–water partition coefficient (Wildman–Crippen LogP) is 2.06. The molecule has 1 aliphatic heterocycles. The topological polar surface area (TPSA) is 71.1 Å². The second-order valence-corrected chi connectivity index (χ2v) is 4.83. The summed E-state index contributed by atoms with van der Waals surface area (Å²) in [5.41, 5.74) is 0.870. The van der Waals surface area contributed by atoms with Crippen LogP contribution in [0.25, 0.3) is 6.08 Å². The highest BCUT2D eigenvalue weighted by Crippen LogP contribution is 2.33. The Morgan fingerprint density at radius 2 is 1.96 bits per heavy atom. The fourth-order valence-electron chi connectivity index (χ4n) is 2.22. The molecule has 1 aromatic carbocycles. The second-order valence-electron chi connectivity index (χ2n) is 4.83. The second kappa shape index (κ2) is 7.11. The molecule has 1 heterocycles. The van der Waals surface area contributed by atoms with Gasteiger partial charge in [0.15, 0.2) is 5.76 Å². The van der Waals surface area contributed by atoms with Gasteiger partial charge in [-0.2, -0.15) is 0 Å². The molecule has 0 N–H and O–H groups in total. The van der Waals surface area contributed by atoms with E-state index >= 15 is 0 Å². The molecule has 1 aromatic rings. The molecule has 0 bridgehead atoms.